The minimum atomic E-state index is -0.906. The number of nitrogens with zero attached hydrogens (tertiary/aromatic N) is 2. The second-order valence-electron chi connectivity index (χ2n) is 3.90. The van der Waals surface area contributed by atoms with Crippen LogP contribution in [0.2, 0.25) is 0 Å². The average Bonchev–Trinajstić information content (AvgIpc) is 2.84. The van der Waals surface area contributed by atoms with Crippen LogP contribution in [-0.2, 0) is 13.1 Å². The molecule has 0 amide bonds. The number of halogens is 1. The van der Waals surface area contributed by atoms with Crippen LogP contribution in [0, 0.1) is 0 Å². The number of benzene rings is 1. The third-order valence-electron chi connectivity index (χ3n) is 2.69. The van der Waals surface area contributed by atoms with Crippen molar-refractivity contribution in [3.63, 3.8) is 0 Å². The van der Waals surface area contributed by atoms with Crippen molar-refractivity contribution in [3.05, 3.63) is 47.8 Å². The van der Waals surface area contributed by atoms with Gasteiger partial charge in [0.2, 0.25) is 0 Å². The number of aryl methyl sites for hydroxylation is 1. The van der Waals surface area contributed by atoms with Crippen LogP contribution >= 0.6 is 12.4 Å². The number of hydrogen-bond acceptors (Lipinski definition) is 3. The number of carboxylic acids is 1. The number of aromatic carboxylic acids is 1. The number of rotatable bonds is 5. The Labute approximate surface area is 117 Å². The van der Waals surface area contributed by atoms with E-state index in [1.807, 2.05) is 23.9 Å². The fraction of sp³-hybridized carbons (Fsp3) is 0.231. The number of carbonyl (C=O) groups is 1. The zero-order chi connectivity index (χ0) is 13.0. The molecule has 0 fully saturated rings. The third kappa shape index (κ3) is 3.72. The molecule has 0 spiro atoms. The molecule has 0 saturated heterocycles. The van der Waals surface area contributed by atoms with Crippen molar-refractivity contribution >= 4 is 24.1 Å². The first-order valence-corrected chi connectivity index (χ1v) is 5.78. The van der Waals surface area contributed by atoms with Gasteiger partial charge in [0.05, 0.1) is 17.4 Å². The van der Waals surface area contributed by atoms with Crippen LogP contribution in [-0.4, -0.2) is 20.9 Å². The quantitative estimate of drug-likeness (QED) is 0.884. The Kier molecular flexibility index (Phi) is 5.38. The number of aromatic nitrogens is 2. The Morgan fingerprint density at radius 1 is 1.42 bits per heavy atom. The van der Waals surface area contributed by atoms with Gasteiger partial charge in [0.25, 0.3) is 0 Å². The maximum atomic E-state index is 11.0. The zero-order valence-electron chi connectivity index (χ0n) is 10.5. The normalized spacial score (nSPS) is 9.74. The summed E-state index contributed by atoms with van der Waals surface area (Å²) in [4.78, 5) is 11.0. The number of carboxylic acid groups (broad SMARTS) is 1. The number of hydrogen-bond donors (Lipinski definition) is 2. The van der Waals surface area contributed by atoms with Gasteiger partial charge in [-0.25, -0.2) is 4.79 Å². The van der Waals surface area contributed by atoms with Crippen molar-refractivity contribution in [2.24, 2.45) is 0 Å². The molecule has 1 heterocycles. The molecule has 0 aliphatic carbocycles. The molecule has 0 unspecified atom stereocenters. The van der Waals surface area contributed by atoms with Crippen molar-refractivity contribution in [1.82, 2.24) is 9.78 Å². The van der Waals surface area contributed by atoms with Gasteiger partial charge < -0.3 is 10.4 Å². The predicted octanol–water partition coefficient (Wildman–Crippen LogP) is 2.64. The number of anilines is 1. The lowest BCUT2D eigenvalue weighted by atomic mass is 10.1. The molecular formula is C13H16ClN3O2. The van der Waals surface area contributed by atoms with Gasteiger partial charge in [-0.15, -0.1) is 12.4 Å². The zero-order valence-corrected chi connectivity index (χ0v) is 11.4. The predicted molar refractivity (Wildman–Crippen MR) is 75.9 cm³/mol. The molecule has 1 aromatic carbocycles. The summed E-state index contributed by atoms with van der Waals surface area (Å²) in [7, 11) is 0. The first-order valence-electron chi connectivity index (χ1n) is 5.78. The molecule has 0 aliphatic rings. The van der Waals surface area contributed by atoms with E-state index in [2.05, 4.69) is 10.4 Å². The third-order valence-corrected chi connectivity index (χ3v) is 2.69. The van der Waals surface area contributed by atoms with Gasteiger partial charge >= 0.3 is 5.97 Å². The maximum Gasteiger partial charge on any atom is 0.336 e. The van der Waals surface area contributed by atoms with E-state index < -0.39 is 5.97 Å². The van der Waals surface area contributed by atoms with Crippen molar-refractivity contribution in [2.75, 3.05) is 5.32 Å². The van der Waals surface area contributed by atoms with E-state index in [9.17, 15) is 4.79 Å². The Bertz CT molecular complexity index is 554. The van der Waals surface area contributed by atoms with Gasteiger partial charge in [0.1, 0.15) is 0 Å². The van der Waals surface area contributed by atoms with E-state index in [1.54, 1.807) is 24.4 Å². The molecule has 2 rings (SSSR count). The largest absolute Gasteiger partial charge is 0.478 e. The molecule has 19 heavy (non-hydrogen) atoms. The highest BCUT2D eigenvalue weighted by Gasteiger charge is 2.08. The molecule has 2 N–H and O–H groups in total. The Balaban J connectivity index is 0.00000180. The lowest BCUT2D eigenvalue weighted by Gasteiger charge is -2.06. The smallest absolute Gasteiger partial charge is 0.336 e. The van der Waals surface area contributed by atoms with Crippen LogP contribution in [0.3, 0.4) is 0 Å². The Morgan fingerprint density at radius 2 is 2.16 bits per heavy atom. The molecular weight excluding hydrogens is 266 g/mol. The fourth-order valence-electron chi connectivity index (χ4n) is 1.71. The van der Waals surface area contributed by atoms with Gasteiger partial charge in [-0.1, -0.05) is 18.2 Å². The fourth-order valence-corrected chi connectivity index (χ4v) is 1.71. The second kappa shape index (κ2) is 6.80. The molecule has 2 aromatic rings. The highest BCUT2D eigenvalue weighted by Crippen LogP contribution is 2.12. The van der Waals surface area contributed by atoms with Gasteiger partial charge in [0.15, 0.2) is 0 Å². The summed E-state index contributed by atoms with van der Waals surface area (Å²) in [6.45, 7) is 3.29. The average molecular weight is 282 g/mol. The molecule has 0 atom stereocenters. The molecule has 102 valence electrons. The summed E-state index contributed by atoms with van der Waals surface area (Å²) in [6.07, 6.45) is 3.62. The van der Waals surface area contributed by atoms with E-state index in [4.69, 9.17) is 5.11 Å². The number of nitrogens with one attached hydrogen (secondary N) is 1. The van der Waals surface area contributed by atoms with Crippen LogP contribution in [0.4, 0.5) is 5.69 Å². The van der Waals surface area contributed by atoms with Crippen LogP contribution in [0.5, 0.6) is 0 Å². The summed E-state index contributed by atoms with van der Waals surface area (Å²) < 4.78 is 1.81. The lowest BCUT2D eigenvalue weighted by molar-refractivity contribution is 0.0696. The van der Waals surface area contributed by atoms with Crippen LogP contribution < -0.4 is 5.32 Å². The van der Waals surface area contributed by atoms with E-state index in [0.717, 1.165) is 17.8 Å². The van der Waals surface area contributed by atoms with Crippen LogP contribution in [0.15, 0.2) is 36.7 Å². The first-order chi connectivity index (χ1) is 8.70. The van der Waals surface area contributed by atoms with E-state index in [1.165, 1.54) is 0 Å². The summed E-state index contributed by atoms with van der Waals surface area (Å²) >= 11 is 0. The monoisotopic (exact) mass is 281 g/mol. The lowest BCUT2D eigenvalue weighted by Crippen LogP contribution is -2.06. The van der Waals surface area contributed by atoms with Crippen molar-refractivity contribution in [2.45, 2.75) is 20.0 Å². The van der Waals surface area contributed by atoms with Crippen molar-refractivity contribution < 1.29 is 9.90 Å². The van der Waals surface area contributed by atoms with Gasteiger partial charge in [-0.3, -0.25) is 4.68 Å². The second-order valence-corrected chi connectivity index (χ2v) is 3.90. The Morgan fingerprint density at radius 3 is 2.79 bits per heavy atom. The standard InChI is InChI=1S/C13H15N3O2.ClH/c1-2-16-9-11(8-15-16)14-7-10-5-3-4-6-12(10)13(17)18;/h3-6,8-9,14H,2,7H2,1H3,(H,17,18);1H. The van der Waals surface area contributed by atoms with E-state index in [0.29, 0.717) is 12.1 Å². The molecule has 0 aliphatic heterocycles. The molecule has 5 nitrogen and oxygen atoms in total. The molecule has 0 saturated carbocycles. The van der Waals surface area contributed by atoms with Gasteiger partial charge in [0, 0.05) is 19.3 Å². The van der Waals surface area contributed by atoms with Crippen molar-refractivity contribution in [1.29, 1.82) is 0 Å². The minimum absolute atomic E-state index is 0. The molecule has 1 aromatic heterocycles. The van der Waals surface area contributed by atoms with Gasteiger partial charge in [-0.2, -0.15) is 5.10 Å². The first kappa shape index (κ1) is 15.0. The molecule has 0 bridgehead atoms. The SMILES string of the molecule is CCn1cc(NCc2ccccc2C(=O)O)cn1.Cl. The van der Waals surface area contributed by atoms with E-state index >= 15 is 0 Å². The molecule has 6 heteroatoms. The van der Waals surface area contributed by atoms with Crippen molar-refractivity contribution in [3.8, 4) is 0 Å². The summed E-state index contributed by atoms with van der Waals surface area (Å²) in [5.41, 5.74) is 1.97. The highest BCUT2D eigenvalue weighted by molar-refractivity contribution is 5.89. The maximum absolute atomic E-state index is 11.0. The van der Waals surface area contributed by atoms with E-state index in [-0.39, 0.29) is 12.4 Å². The van der Waals surface area contributed by atoms with Gasteiger partial charge in [-0.05, 0) is 18.6 Å². The topological polar surface area (TPSA) is 67.2 Å². The highest BCUT2D eigenvalue weighted by atomic mass is 35.5. The Hall–Kier alpha value is -2.01. The summed E-state index contributed by atoms with van der Waals surface area (Å²) in [5, 5.41) is 16.4. The summed E-state index contributed by atoms with van der Waals surface area (Å²) in [6, 6.07) is 6.97. The minimum Gasteiger partial charge on any atom is -0.478 e. The molecule has 0 radical (unpaired) electrons. The summed E-state index contributed by atoms with van der Waals surface area (Å²) in [5.74, 6) is -0.906. The van der Waals surface area contributed by atoms with Crippen LogP contribution in [0.25, 0.3) is 0 Å². The van der Waals surface area contributed by atoms with Crippen LogP contribution in [0.1, 0.15) is 22.8 Å².